The first-order valence-corrected chi connectivity index (χ1v) is 6.80. The molecule has 0 aromatic heterocycles. The topological polar surface area (TPSA) is 50.4 Å². The fraction of sp³-hybridized carbons (Fsp3) is 0.923. The zero-order valence-electron chi connectivity index (χ0n) is 10.8. The Morgan fingerprint density at radius 2 is 2.12 bits per heavy atom. The Balaban J connectivity index is 1.67. The number of nitrogens with one attached hydrogen (secondary N) is 2. The van der Waals surface area contributed by atoms with Gasteiger partial charge in [-0.3, -0.25) is 0 Å². The average Bonchev–Trinajstić information content (AvgIpc) is 2.80. The van der Waals surface area contributed by atoms with E-state index < -0.39 is 0 Å². The van der Waals surface area contributed by atoms with Crippen molar-refractivity contribution in [2.75, 3.05) is 19.8 Å². The van der Waals surface area contributed by atoms with E-state index in [1.807, 2.05) is 0 Å². The molecule has 98 valence electrons. The molecule has 2 N–H and O–H groups in total. The minimum Gasteiger partial charge on any atom is -0.379 e. The molecule has 1 aliphatic carbocycles. The molecule has 0 spiro atoms. The normalized spacial score (nSPS) is 27.7. The molecule has 2 rings (SSSR count). The lowest BCUT2D eigenvalue weighted by molar-refractivity contribution is 0.184. The molecule has 4 nitrogen and oxygen atoms in total. The molecule has 2 fully saturated rings. The number of carbonyl (C=O) groups excluding carboxylic acids is 1. The zero-order valence-corrected chi connectivity index (χ0v) is 10.8. The standard InChI is InChI=1S/C13H24N2O2/c1-13(6-3-2-4-7-13)10-14-12(16)15-11-5-8-17-9-11/h11H,2-10H2,1H3,(H2,14,15,16). The highest BCUT2D eigenvalue weighted by molar-refractivity contribution is 5.74. The smallest absolute Gasteiger partial charge is 0.315 e. The van der Waals surface area contributed by atoms with Crippen LogP contribution in [0.2, 0.25) is 0 Å². The van der Waals surface area contributed by atoms with Crippen LogP contribution in [-0.4, -0.2) is 31.8 Å². The van der Waals surface area contributed by atoms with Gasteiger partial charge in [0.1, 0.15) is 0 Å². The van der Waals surface area contributed by atoms with Gasteiger partial charge in [0.2, 0.25) is 0 Å². The Kier molecular flexibility index (Phi) is 4.26. The number of urea groups is 1. The van der Waals surface area contributed by atoms with Gasteiger partial charge in [0.05, 0.1) is 12.6 Å². The van der Waals surface area contributed by atoms with Gasteiger partial charge in [0.25, 0.3) is 0 Å². The second-order valence-corrected chi connectivity index (χ2v) is 5.76. The van der Waals surface area contributed by atoms with E-state index in [0.29, 0.717) is 12.0 Å². The minimum absolute atomic E-state index is 0.0349. The second-order valence-electron chi connectivity index (χ2n) is 5.76. The maximum absolute atomic E-state index is 11.7. The molecule has 0 aromatic carbocycles. The van der Waals surface area contributed by atoms with Crippen LogP contribution in [0.5, 0.6) is 0 Å². The Morgan fingerprint density at radius 1 is 1.35 bits per heavy atom. The Hall–Kier alpha value is -0.770. The van der Waals surface area contributed by atoms with E-state index in [2.05, 4.69) is 17.6 Å². The van der Waals surface area contributed by atoms with E-state index in [1.165, 1.54) is 32.1 Å². The highest BCUT2D eigenvalue weighted by Gasteiger charge is 2.27. The van der Waals surface area contributed by atoms with Gasteiger partial charge in [-0.25, -0.2) is 4.79 Å². The van der Waals surface area contributed by atoms with Gasteiger partial charge in [-0.15, -0.1) is 0 Å². The summed E-state index contributed by atoms with van der Waals surface area (Å²) < 4.78 is 5.23. The SMILES string of the molecule is CC1(CNC(=O)NC2CCOC2)CCCCC1. The summed E-state index contributed by atoms with van der Waals surface area (Å²) in [5.74, 6) is 0. The summed E-state index contributed by atoms with van der Waals surface area (Å²) in [6, 6.07) is 0.168. The molecule has 1 aliphatic heterocycles. The molecule has 0 bridgehead atoms. The quantitative estimate of drug-likeness (QED) is 0.793. The van der Waals surface area contributed by atoms with Gasteiger partial charge >= 0.3 is 6.03 Å². The molecule has 1 heterocycles. The van der Waals surface area contributed by atoms with E-state index in [-0.39, 0.29) is 12.1 Å². The molecule has 0 radical (unpaired) electrons. The van der Waals surface area contributed by atoms with Crippen molar-refractivity contribution in [2.45, 2.75) is 51.5 Å². The molecular weight excluding hydrogens is 216 g/mol. The van der Waals surface area contributed by atoms with Crippen molar-refractivity contribution < 1.29 is 9.53 Å². The third-order valence-electron chi connectivity index (χ3n) is 4.00. The summed E-state index contributed by atoms with van der Waals surface area (Å²) in [4.78, 5) is 11.7. The van der Waals surface area contributed by atoms with Crippen LogP contribution in [0, 0.1) is 5.41 Å². The number of hydrogen-bond donors (Lipinski definition) is 2. The third kappa shape index (κ3) is 3.87. The highest BCUT2D eigenvalue weighted by atomic mass is 16.5. The van der Waals surface area contributed by atoms with Crippen molar-refractivity contribution >= 4 is 6.03 Å². The first-order valence-electron chi connectivity index (χ1n) is 6.80. The van der Waals surface area contributed by atoms with Crippen LogP contribution >= 0.6 is 0 Å². The molecule has 1 atom stereocenters. The van der Waals surface area contributed by atoms with E-state index in [4.69, 9.17) is 4.74 Å². The fourth-order valence-corrected chi connectivity index (χ4v) is 2.76. The van der Waals surface area contributed by atoms with E-state index in [1.54, 1.807) is 0 Å². The fourth-order valence-electron chi connectivity index (χ4n) is 2.76. The van der Waals surface area contributed by atoms with Crippen molar-refractivity contribution in [1.82, 2.24) is 10.6 Å². The number of rotatable bonds is 3. The molecule has 1 unspecified atom stereocenters. The average molecular weight is 240 g/mol. The van der Waals surface area contributed by atoms with Crippen molar-refractivity contribution in [2.24, 2.45) is 5.41 Å². The maximum Gasteiger partial charge on any atom is 0.315 e. The number of hydrogen-bond acceptors (Lipinski definition) is 2. The first kappa shape index (κ1) is 12.7. The van der Waals surface area contributed by atoms with E-state index in [0.717, 1.165) is 19.6 Å². The molecule has 2 aliphatic rings. The first-order chi connectivity index (χ1) is 8.18. The van der Waals surface area contributed by atoms with Crippen LogP contribution < -0.4 is 10.6 Å². The lowest BCUT2D eigenvalue weighted by Gasteiger charge is -2.33. The Bertz CT molecular complexity index is 256. The van der Waals surface area contributed by atoms with Crippen LogP contribution in [-0.2, 0) is 4.74 Å². The molecule has 2 amide bonds. The minimum atomic E-state index is -0.0349. The predicted molar refractivity (Wildman–Crippen MR) is 67.0 cm³/mol. The molecule has 0 aromatic rings. The lowest BCUT2D eigenvalue weighted by atomic mass is 9.76. The van der Waals surface area contributed by atoms with Crippen LogP contribution in [0.15, 0.2) is 0 Å². The zero-order chi connectivity index (χ0) is 12.1. The summed E-state index contributed by atoms with van der Waals surface area (Å²) in [7, 11) is 0. The molecule has 17 heavy (non-hydrogen) atoms. The van der Waals surface area contributed by atoms with Gasteiger partial charge < -0.3 is 15.4 Å². The highest BCUT2D eigenvalue weighted by Crippen LogP contribution is 2.34. The molecule has 1 saturated carbocycles. The van der Waals surface area contributed by atoms with Crippen LogP contribution in [0.3, 0.4) is 0 Å². The van der Waals surface area contributed by atoms with Gasteiger partial charge in [0, 0.05) is 13.2 Å². The molecular formula is C13H24N2O2. The summed E-state index contributed by atoms with van der Waals surface area (Å²) in [6.45, 7) is 4.50. The van der Waals surface area contributed by atoms with Crippen LogP contribution in [0.25, 0.3) is 0 Å². The Morgan fingerprint density at radius 3 is 2.76 bits per heavy atom. The van der Waals surface area contributed by atoms with Gasteiger partial charge in [0.15, 0.2) is 0 Å². The monoisotopic (exact) mass is 240 g/mol. The molecule has 4 heteroatoms. The summed E-state index contributed by atoms with van der Waals surface area (Å²) in [5, 5.41) is 5.97. The maximum atomic E-state index is 11.7. The van der Waals surface area contributed by atoms with Crippen molar-refractivity contribution in [3.05, 3.63) is 0 Å². The lowest BCUT2D eigenvalue weighted by Crippen LogP contribution is -2.46. The molecule has 1 saturated heterocycles. The number of carbonyl (C=O) groups is 1. The van der Waals surface area contributed by atoms with Crippen LogP contribution in [0.1, 0.15) is 45.4 Å². The van der Waals surface area contributed by atoms with Crippen molar-refractivity contribution in [3.63, 3.8) is 0 Å². The van der Waals surface area contributed by atoms with Gasteiger partial charge in [-0.05, 0) is 24.7 Å². The van der Waals surface area contributed by atoms with Gasteiger partial charge in [-0.1, -0.05) is 26.2 Å². The predicted octanol–water partition coefficient (Wildman–Crippen LogP) is 2.04. The number of amides is 2. The summed E-state index contributed by atoms with van der Waals surface area (Å²) in [6.07, 6.45) is 7.36. The van der Waals surface area contributed by atoms with Crippen molar-refractivity contribution in [1.29, 1.82) is 0 Å². The van der Waals surface area contributed by atoms with Crippen molar-refractivity contribution in [3.8, 4) is 0 Å². The Labute approximate surface area is 103 Å². The van der Waals surface area contributed by atoms with Gasteiger partial charge in [-0.2, -0.15) is 0 Å². The summed E-state index contributed by atoms with van der Waals surface area (Å²) in [5.41, 5.74) is 0.307. The second kappa shape index (κ2) is 5.71. The summed E-state index contributed by atoms with van der Waals surface area (Å²) >= 11 is 0. The number of ether oxygens (including phenoxy) is 1. The van der Waals surface area contributed by atoms with Crippen LogP contribution in [0.4, 0.5) is 4.79 Å². The third-order valence-corrected chi connectivity index (χ3v) is 4.00. The van der Waals surface area contributed by atoms with E-state index in [9.17, 15) is 4.79 Å². The largest absolute Gasteiger partial charge is 0.379 e. The van der Waals surface area contributed by atoms with E-state index >= 15 is 0 Å².